The third-order valence-corrected chi connectivity index (χ3v) is 5.57. The molecule has 31 heavy (non-hydrogen) atoms. The lowest BCUT2D eigenvalue weighted by Crippen LogP contribution is -2.14. The third-order valence-electron chi connectivity index (χ3n) is 4.21. The SMILES string of the molecule is COc1ccccc1NS(=O)(=O)c1ccc(N/N=C(\C)c2ccccn2)c([N+](=O)[O-])c1. The molecule has 0 spiro atoms. The first kappa shape index (κ1) is 21.7. The largest absolute Gasteiger partial charge is 0.495 e. The number of sulfonamides is 1. The van der Waals surface area contributed by atoms with Crippen LogP contribution < -0.4 is 14.9 Å². The number of anilines is 2. The molecule has 0 aliphatic carbocycles. The van der Waals surface area contributed by atoms with Gasteiger partial charge in [0, 0.05) is 12.3 Å². The molecule has 0 saturated carbocycles. The first-order valence-corrected chi connectivity index (χ1v) is 10.5. The molecule has 160 valence electrons. The lowest BCUT2D eigenvalue weighted by molar-refractivity contribution is -0.384. The van der Waals surface area contributed by atoms with E-state index in [1.54, 1.807) is 49.5 Å². The Morgan fingerprint density at radius 2 is 1.84 bits per heavy atom. The number of nitro benzene ring substituents is 1. The number of aromatic nitrogens is 1. The molecule has 10 nitrogen and oxygen atoms in total. The number of hydrogen-bond acceptors (Lipinski definition) is 8. The Morgan fingerprint density at radius 3 is 2.52 bits per heavy atom. The van der Waals surface area contributed by atoms with Crippen LogP contribution in [0.15, 0.2) is 76.9 Å². The summed E-state index contributed by atoms with van der Waals surface area (Å²) in [6.07, 6.45) is 1.60. The molecule has 3 aromatic rings. The number of pyridine rings is 1. The van der Waals surface area contributed by atoms with E-state index >= 15 is 0 Å². The van der Waals surface area contributed by atoms with Crippen molar-refractivity contribution in [2.75, 3.05) is 17.3 Å². The van der Waals surface area contributed by atoms with E-state index < -0.39 is 20.6 Å². The van der Waals surface area contributed by atoms with Crippen molar-refractivity contribution in [3.8, 4) is 5.75 Å². The minimum Gasteiger partial charge on any atom is -0.495 e. The number of methoxy groups -OCH3 is 1. The molecule has 1 heterocycles. The fourth-order valence-corrected chi connectivity index (χ4v) is 3.72. The highest BCUT2D eigenvalue weighted by Crippen LogP contribution is 2.30. The Morgan fingerprint density at radius 1 is 1.10 bits per heavy atom. The Kier molecular flexibility index (Phi) is 6.46. The van der Waals surface area contributed by atoms with Crippen LogP contribution in [0.5, 0.6) is 5.75 Å². The number of hydrazone groups is 1. The molecule has 0 saturated heterocycles. The summed E-state index contributed by atoms with van der Waals surface area (Å²) >= 11 is 0. The number of nitrogens with one attached hydrogen (secondary N) is 2. The van der Waals surface area contributed by atoms with Gasteiger partial charge in [0.2, 0.25) is 0 Å². The normalized spacial score (nSPS) is 11.6. The van der Waals surface area contributed by atoms with Gasteiger partial charge >= 0.3 is 0 Å². The van der Waals surface area contributed by atoms with Gasteiger partial charge in [-0.3, -0.25) is 25.2 Å². The Labute approximate surface area is 178 Å². The molecule has 2 aromatic carbocycles. The zero-order valence-corrected chi connectivity index (χ0v) is 17.5. The number of nitrogens with zero attached hydrogens (tertiary/aromatic N) is 3. The van der Waals surface area contributed by atoms with Gasteiger partial charge in [0.25, 0.3) is 15.7 Å². The molecule has 0 fully saturated rings. The van der Waals surface area contributed by atoms with Crippen LogP contribution in [0.3, 0.4) is 0 Å². The van der Waals surface area contributed by atoms with Crippen molar-refractivity contribution >= 4 is 32.8 Å². The first-order chi connectivity index (χ1) is 14.8. The zero-order valence-electron chi connectivity index (χ0n) is 16.6. The minimum absolute atomic E-state index is 0.0384. The molecule has 0 bridgehead atoms. The lowest BCUT2D eigenvalue weighted by Gasteiger charge is -2.12. The second-order valence-electron chi connectivity index (χ2n) is 6.27. The van der Waals surface area contributed by atoms with Crippen molar-refractivity contribution in [1.29, 1.82) is 0 Å². The highest BCUT2D eigenvalue weighted by molar-refractivity contribution is 7.92. The Balaban J connectivity index is 1.90. The molecule has 0 radical (unpaired) electrons. The summed E-state index contributed by atoms with van der Waals surface area (Å²) in [4.78, 5) is 14.7. The van der Waals surface area contributed by atoms with E-state index in [-0.39, 0.29) is 16.3 Å². The average molecular weight is 441 g/mol. The van der Waals surface area contributed by atoms with Crippen LogP contribution in [0, 0.1) is 10.1 Å². The van der Waals surface area contributed by atoms with Crippen molar-refractivity contribution < 1.29 is 18.1 Å². The summed E-state index contributed by atoms with van der Waals surface area (Å²) < 4.78 is 33.0. The lowest BCUT2D eigenvalue weighted by atomic mass is 10.2. The van der Waals surface area contributed by atoms with Crippen molar-refractivity contribution in [2.24, 2.45) is 5.10 Å². The molecule has 11 heteroatoms. The fourth-order valence-electron chi connectivity index (χ4n) is 2.63. The van der Waals surface area contributed by atoms with E-state index in [0.717, 1.165) is 6.07 Å². The van der Waals surface area contributed by atoms with Crippen LogP contribution >= 0.6 is 0 Å². The van der Waals surface area contributed by atoms with Gasteiger partial charge in [-0.2, -0.15) is 5.10 Å². The van der Waals surface area contributed by atoms with Gasteiger partial charge in [0.15, 0.2) is 0 Å². The quantitative estimate of drug-likeness (QED) is 0.309. The van der Waals surface area contributed by atoms with E-state index in [1.807, 2.05) is 0 Å². The molecule has 0 atom stereocenters. The standard InChI is InChI=1S/C20H19N5O5S/c1-14(16-7-5-6-12-21-16)22-23-17-11-10-15(13-19(17)25(26)27)31(28,29)24-18-8-3-4-9-20(18)30-2/h3-13,23-24H,1-2H3/b22-14+. The maximum atomic E-state index is 12.8. The topological polar surface area (TPSA) is 136 Å². The predicted molar refractivity (Wildman–Crippen MR) is 117 cm³/mol. The maximum absolute atomic E-state index is 12.8. The van der Waals surface area contributed by atoms with E-state index in [0.29, 0.717) is 17.2 Å². The van der Waals surface area contributed by atoms with Crippen molar-refractivity contribution in [1.82, 2.24) is 4.98 Å². The Hall–Kier alpha value is -3.99. The van der Waals surface area contributed by atoms with Crippen molar-refractivity contribution in [2.45, 2.75) is 11.8 Å². The number of hydrogen-bond donors (Lipinski definition) is 2. The van der Waals surface area contributed by atoms with Crippen LogP contribution in [0.25, 0.3) is 0 Å². The average Bonchev–Trinajstić information content (AvgIpc) is 2.78. The number of benzene rings is 2. The third kappa shape index (κ3) is 5.14. The van der Waals surface area contributed by atoms with Gasteiger partial charge in [-0.1, -0.05) is 18.2 Å². The monoisotopic (exact) mass is 441 g/mol. The molecule has 0 unspecified atom stereocenters. The molecule has 3 rings (SSSR count). The van der Waals surface area contributed by atoms with Gasteiger partial charge in [-0.25, -0.2) is 8.42 Å². The van der Waals surface area contributed by atoms with E-state index in [2.05, 4.69) is 20.2 Å². The molecule has 1 aromatic heterocycles. The van der Waals surface area contributed by atoms with Gasteiger partial charge in [0.1, 0.15) is 11.4 Å². The second-order valence-corrected chi connectivity index (χ2v) is 7.95. The highest BCUT2D eigenvalue weighted by atomic mass is 32.2. The summed E-state index contributed by atoms with van der Waals surface area (Å²) in [6, 6.07) is 15.2. The summed E-state index contributed by atoms with van der Waals surface area (Å²) in [5.41, 5.74) is 3.52. The molecule has 0 aliphatic heterocycles. The number of rotatable bonds is 8. The number of nitro groups is 1. The van der Waals surface area contributed by atoms with E-state index in [1.165, 1.54) is 25.3 Å². The van der Waals surface area contributed by atoms with Gasteiger partial charge in [0.05, 0.1) is 34.0 Å². The summed E-state index contributed by atoms with van der Waals surface area (Å²) in [7, 11) is -2.69. The van der Waals surface area contributed by atoms with Crippen LogP contribution in [0.2, 0.25) is 0 Å². The highest BCUT2D eigenvalue weighted by Gasteiger charge is 2.22. The van der Waals surface area contributed by atoms with Gasteiger partial charge in [-0.15, -0.1) is 0 Å². The van der Waals surface area contributed by atoms with Gasteiger partial charge < -0.3 is 4.74 Å². The van der Waals surface area contributed by atoms with Crippen LogP contribution in [-0.2, 0) is 10.0 Å². The number of ether oxygens (including phenoxy) is 1. The van der Waals surface area contributed by atoms with Crippen LogP contribution in [0.1, 0.15) is 12.6 Å². The molecular weight excluding hydrogens is 422 g/mol. The van der Waals surface area contributed by atoms with E-state index in [9.17, 15) is 18.5 Å². The zero-order chi connectivity index (χ0) is 22.4. The molecule has 0 aliphatic rings. The Bertz CT molecular complexity index is 1230. The maximum Gasteiger partial charge on any atom is 0.295 e. The van der Waals surface area contributed by atoms with Crippen molar-refractivity contribution in [3.05, 3.63) is 82.7 Å². The first-order valence-electron chi connectivity index (χ1n) is 8.98. The van der Waals surface area contributed by atoms with Crippen LogP contribution in [-0.4, -0.2) is 31.1 Å². The fraction of sp³-hybridized carbons (Fsp3) is 0.100. The summed E-state index contributed by atoms with van der Waals surface area (Å²) in [5.74, 6) is 0.318. The molecule has 2 N–H and O–H groups in total. The van der Waals surface area contributed by atoms with Gasteiger partial charge in [-0.05, 0) is 43.3 Å². The smallest absolute Gasteiger partial charge is 0.295 e. The molecule has 0 amide bonds. The molecular formula is C20H19N5O5S. The second kappa shape index (κ2) is 9.22. The van der Waals surface area contributed by atoms with Crippen molar-refractivity contribution in [3.63, 3.8) is 0 Å². The van der Waals surface area contributed by atoms with E-state index in [4.69, 9.17) is 4.74 Å². The minimum atomic E-state index is -4.10. The number of para-hydroxylation sites is 2. The van der Waals surface area contributed by atoms with Crippen LogP contribution in [0.4, 0.5) is 17.1 Å². The summed E-state index contributed by atoms with van der Waals surface area (Å²) in [5, 5.41) is 15.7. The summed E-state index contributed by atoms with van der Waals surface area (Å²) in [6.45, 7) is 1.69. The predicted octanol–water partition coefficient (Wildman–Crippen LogP) is 3.64.